The molecule has 0 saturated carbocycles. The molecule has 2 rings (SSSR count). The summed E-state index contributed by atoms with van der Waals surface area (Å²) in [5.41, 5.74) is 5.62. The van der Waals surface area contributed by atoms with Gasteiger partial charge in [0.1, 0.15) is 0 Å². The monoisotopic (exact) mass is 207 g/mol. The zero-order chi connectivity index (χ0) is 11.5. The van der Waals surface area contributed by atoms with E-state index in [0.717, 1.165) is 11.1 Å². The number of aromatic nitrogens is 1. The van der Waals surface area contributed by atoms with Crippen molar-refractivity contribution in [1.82, 2.24) is 4.98 Å². The molecule has 0 radical (unpaired) electrons. The summed E-state index contributed by atoms with van der Waals surface area (Å²) < 4.78 is 0. The average molecular weight is 207 g/mol. The van der Waals surface area contributed by atoms with Gasteiger partial charge < -0.3 is 0 Å². The molecular formula is C15H13N. The first-order valence-electron chi connectivity index (χ1n) is 5.21. The van der Waals surface area contributed by atoms with Gasteiger partial charge in [0.15, 0.2) is 0 Å². The fraction of sp³-hybridized carbons (Fsp3) is 0.133. The van der Waals surface area contributed by atoms with Gasteiger partial charge in [-0.15, -0.1) is 6.42 Å². The molecule has 0 amide bonds. The predicted molar refractivity (Wildman–Crippen MR) is 67.1 cm³/mol. The zero-order valence-electron chi connectivity index (χ0n) is 9.49. The molecule has 0 bridgehead atoms. The Morgan fingerprint density at radius 2 is 1.94 bits per heavy atom. The van der Waals surface area contributed by atoms with Crippen molar-refractivity contribution in [1.29, 1.82) is 0 Å². The molecule has 0 atom stereocenters. The van der Waals surface area contributed by atoms with Gasteiger partial charge in [-0.1, -0.05) is 24.1 Å². The number of benzene rings is 1. The highest BCUT2D eigenvalue weighted by Gasteiger charge is 2.07. The fourth-order valence-electron chi connectivity index (χ4n) is 1.78. The Hall–Kier alpha value is -2.07. The summed E-state index contributed by atoms with van der Waals surface area (Å²) in [5.74, 6) is 2.70. The van der Waals surface area contributed by atoms with Gasteiger partial charge in [0.25, 0.3) is 0 Å². The minimum absolute atomic E-state index is 0.892. The van der Waals surface area contributed by atoms with Crippen molar-refractivity contribution < 1.29 is 0 Å². The van der Waals surface area contributed by atoms with Crippen LogP contribution in [0.2, 0.25) is 0 Å². The molecule has 1 nitrogen and oxygen atoms in total. The van der Waals surface area contributed by atoms with Crippen LogP contribution < -0.4 is 0 Å². The topological polar surface area (TPSA) is 12.9 Å². The maximum Gasteiger partial charge on any atom is 0.0359 e. The van der Waals surface area contributed by atoms with E-state index in [0.29, 0.717) is 0 Å². The van der Waals surface area contributed by atoms with Gasteiger partial charge in [-0.05, 0) is 36.6 Å². The zero-order valence-corrected chi connectivity index (χ0v) is 9.49. The first-order valence-corrected chi connectivity index (χ1v) is 5.21. The minimum atomic E-state index is 0.892. The molecule has 0 fully saturated rings. The second-order valence-corrected chi connectivity index (χ2v) is 3.81. The van der Waals surface area contributed by atoms with Crippen molar-refractivity contribution in [2.75, 3.05) is 0 Å². The van der Waals surface area contributed by atoms with Gasteiger partial charge in [-0.25, -0.2) is 0 Å². The van der Waals surface area contributed by atoms with E-state index < -0.39 is 0 Å². The largest absolute Gasteiger partial charge is 0.264 e. The summed E-state index contributed by atoms with van der Waals surface area (Å²) in [6.07, 6.45) is 9.05. The summed E-state index contributed by atoms with van der Waals surface area (Å²) in [6.45, 7) is 4.21. The number of terminal acetylenes is 1. The summed E-state index contributed by atoms with van der Waals surface area (Å²) >= 11 is 0. The van der Waals surface area contributed by atoms with Crippen molar-refractivity contribution in [2.24, 2.45) is 0 Å². The third-order valence-corrected chi connectivity index (χ3v) is 2.87. The van der Waals surface area contributed by atoms with Crippen molar-refractivity contribution in [2.45, 2.75) is 13.8 Å². The van der Waals surface area contributed by atoms with Crippen molar-refractivity contribution in [3.8, 4) is 23.5 Å². The van der Waals surface area contributed by atoms with E-state index in [1.165, 1.54) is 16.7 Å². The van der Waals surface area contributed by atoms with Gasteiger partial charge >= 0.3 is 0 Å². The predicted octanol–water partition coefficient (Wildman–Crippen LogP) is 3.35. The van der Waals surface area contributed by atoms with Gasteiger partial charge in [-0.3, -0.25) is 4.98 Å². The molecule has 0 saturated heterocycles. The summed E-state index contributed by atoms with van der Waals surface area (Å²) in [5, 5.41) is 0. The lowest BCUT2D eigenvalue weighted by atomic mass is 9.95. The number of rotatable bonds is 1. The summed E-state index contributed by atoms with van der Waals surface area (Å²) in [4.78, 5) is 4.14. The Labute approximate surface area is 96.2 Å². The lowest BCUT2D eigenvalue weighted by molar-refractivity contribution is 1.29. The maximum atomic E-state index is 5.50. The van der Waals surface area contributed by atoms with E-state index in [1.807, 2.05) is 18.3 Å². The van der Waals surface area contributed by atoms with Crippen LogP contribution in [0.25, 0.3) is 11.1 Å². The van der Waals surface area contributed by atoms with Crippen LogP contribution in [0.4, 0.5) is 0 Å². The highest BCUT2D eigenvalue weighted by Crippen LogP contribution is 2.27. The second-order valence-electron chi connectivity index (χ2n) is 3.81. The molecular weight excluding hydrogens is 194 g/mol. The normalized spacial score (nSPS) is 9.81. The molecule has 2 aromatic rings. The maximum absolute atomic E-state index is 5.50. The van der Waals surface area contributed by atoms with Gasteiger partial charge in [0.05, 0.1) is 0 Å². The lowest BCUT2D eigenvalue weighted by Gasteiger charge is -2.09. The number of hydrogen-bond acceptors (Lipinski definition) is 1. The lowest BCUT2D eigenvalue weighted by Crippen LogP contribution is -1.90. The summed E-state index contributed by atoms with van der Waals surface area (Å²) in [6, 6.07) is 8.10. The van der Waals surface area contributed by atoms with E-state index in [1.54, 1.807) is 6.20 Å². The molecule has 0 aliphatic carbocycles. The molecule has 1 aromatic carbocycles. The van der Waals surface area contributed by atoms with Gasteiger partial charge in [0, 0.05) is 23.5 Å². The first kappa shape index (κ1) is 10.4. The Morgan fingerprint density at radius 3 is 2.69 bits per heavy atom. The molecule has 1 heterocycles. The van der Waals surface area contributed by atoms with Crippen LogP contribution in [0.15, 0.2) is 36.7 Å². The molecule has 1 aromatic heterocycles. The Bertz CT molecular complexity index is 562. The Kier molecular flexibility index (Phi) is 2.74. The highest BCUT2D eigenvalue weighted by atomic mass is 14.6. The van der Waals surface area contributed by atoms with E-state index >= 15 is 0 Å². The van der Waals surface area contributed by atoms with E-state index in [9.17, 15) is 0 Å². The van der Waals surface area contributed by atoms with Crippen molar-refractivity contribution >= 4 is 0 Å². The van der Waals surface area contributed by atoms with Gasteiger partial charge in [0.2, 0.25) is 0 Å². The van der Waals surface area contributed by atoms with E-state index in [-0.39, 0.29) is 0 Å². The number of aryl methyl sites for hydroxylation is 1. The van der Waals surface area contributed by atoms with Gasteiger partial charge in [-0.2, -0.15) is 0 Å². The first-order chi connectivity index (χ1) is 7.74. The molecule has 16 heavy (non-hydrogen) atoms. The van der Waals surface area contributed by atoms with Crippen LogP contribution in [0.3, 0.4) is 0 Å². The molecule has 0 unspecified atom stereocenters. The van der Waals surface area contributed by atoms with Crippen LogP contribution in [0, 0.1) is 26.2 Å². The number of pyridine rings is 1. The number of nitrogens with zero attached hydrogens (tertiary/aromatic N) is 1. The van der Waals surface area contributed by atoms with E-state index in [2.05, 4.69) is 36.9 Å². The SMILES string of the molecule is C#Cc1ccncc1-c1cccc(C)c1C. The Balaban J connectivity index is 2.69. The van der Waals surface area contributed by atoms with Crippen molar-refractivity contribution in [3.05, 3.63) is 53.3 Å². The summed E-state index contributed by atoms with van der Waals surface area (Å²) in [7, 11) is 0. The van der Waals surface area contributed by atoms with Crippen LogP contribution >= 0.6 is 0 Å². The fourth-order valence-corrected chi connectivity index (χ4v) is 1.78. The molecule has 0 aliphatic heterocycles. The molecule has 78 valence electrons. The standard InChI is InChI=1S/C15H13N/c1-4-13-8-9-16-10-15(13)14-7-5-6-11(2)12(14)3/h1,5-10H,2-3H3. The van der Waals surface area contributed by atoms with E-state index in [4.69, 9.17) is 6.42 Å². The van der Waals surface area contributed by atoms with Crippen LogP contribution in [-0.4, -0.2) is 4.98 Å². The second kappa shape index (κ2) is 4.20. The average Bonchev–Trinajstić information content (AvgIpc) is 2.33. The highest BCUT2D eigenvalue weighted by molar-refractivity contribution is 5.73. The minimum Gasteiger partial charge on any atom is -0.264 e. The Morgan fingerprint density at radius 1 is 1.12 bits per heavy atom. The number of hydrogen-bond donors (Lipinski definition) is 0. The molecule has 1 heteroatoms. The van der Waals surface area contributed by atoms with Crippen molar-refractivity contribution in [3.63, 3.8) is 0 Å². The molecule has 0 N–H and O–H groups in total. The molecule has 0 spiro atoms. The quantitative estimate of drug-likeness (QED) is 0.653. The van der Waals surface area contributed by atoms with Crippen LogP contribution in [0.5, 0.6) is 0 Å². The third-order valence-electron chi connectivity index (χ3n) is 2.87. The molecule has 0 aliphatic rings. The van der Waals surface area contributed by atoms with Crippen LogP contribution in [-0.2, 0) is 0 Å². The van der Waals surface area contributed by atoms with Crippen LogP contribution in [0.1, 0.15) is 16.7 Å². The third kappa shape index (κ3) is 1.70. The smallest absolute Gasteiger partial charge is 0.0359 e.